The van der Waals surface area contributed by atoms with Crippen molar-refractivity contribution in [2.45, 2.75) is 0 Å². The maximum absolute atomic E-state index is 11.9. The minimum Gasteiger partial charge on any atom is -0.497 e. The van der Waals surface area contributed by atoms with Gasteiger partial charge in [0, 0.05) is 29.1 Å². The van der Waals surface area contributed by atoms with Crippen LogP contribution in [-0.4, -0.2) is 32.7 Å². The summed E-state index contributed by atoms with van der Waals surface area (Å²) in [5.74, 6) is 1.34. The van der Waals surface area contributed by atoms with Crippen LogP contribution in [0.2, 0.25) is 0 Å². The number of carbonyl (C=O) groups is 1. The van der Waals surface area contributed by atoms with Crippen molar-refractivity contribution in [3.8, 4) is 5.75 Å². The molecule has 18 heavy (non-hydrogen) atoms. The summed E-state index contributed by atoms with van der Waals surface area (Å²) in [4.78, 5) is 11.9. The Labute approximate surface area is 126 Å². The third kappa shape index (κ3) is 3.73. The van der Waals surface area contributed by atoms with Gasteiger partial charge in [0.05, 0.1) is 12.7 Å². The number of hydrogen-bond acceptors (Lipinski definition) is 3. The minimum absolute atomic E-state index is 0. The standard InChI is InChI=1S/C12H15IN2O2.ClH/c1-17-9-2-3-10(11(13)4-9)12(16)15-7-8-5-14-6-8;/h2-4,8,14H,5-7H2,1H3,(H,15,16);1H. The van der Waals surface area contributed by atoms with Gasteiger partial charge in [-0.2, -0.15) is 0 Å². The first-order chi connectivity index (χ1) is 8.20. The molecular formula is C12H16ClIN2O2. The van der Waals surface area contributed by atoms with Crippen molar-refractivity contribution < 1.29 is 9.53 Å². The van der Waals surface area contributed by atoms with E-state index in [1.807, 2.05) is 12.1 Å². The highest BCUT2D eigenvalue weighted by Crippen LogP contribution is 2.19. The fraction of sp³-hybridized carbons (Fsp3) is 0.417. The molecule has 1 aromatic rings. The Morgan fingerprint density at radius 2 is 2.28 bits per heavy atom. The molecule has 6 heteroatoms. The fourth-order valence-electron chi connectivity index (χ4n) is 1.63. The Morgan fingerprint density at radius 3 is 2.78 bits per heavy atom. The van der Waals surface area contributed by atoms with Gasteiger partial charge in [0.25, 0.3) is 5.91 Å². The lowest BCUT2D eigenvalue weighted by molar-refractivity contribution is 0.0941. The Bertz CT molecular complexity index is 425. The summed E-state index contributed by atoms with van der Waals surface area (Å²) in [6, 6.07) is 5.47. The second-order valence-electron chi connectivity index (χ2n) is 4.08. The van der Waals surface area contributed by atoms with Crippen molar-refractivity contribution in [3.63, 3.8) is 0 Å². The van der Waals surface area contributed by atoms with Crippen LogP contribution in [0.15, 0.2) is 18.2 Å². The molecule has 0 aliphatic carbocycles. The lowest BCUT2D eigenvalue weighted by Crippen LogP contribution is -2.48. The molecule has 0 radical (unpaired) electrons. The summed E-state index contributed by atoms with van der Waals surface area (Å²) >= 11 is 2.15. The predicted molar refractivity (Wildman–Crippen MR) is 81.7 cm³/mol. The van der Waals surface area contributed by atoms with Crippen molar-refractivity contribution >= 4 is 40.9 Å². The zero-order chi connectivity index (χ0) is 12.3. The van der Waals surface area contributed by atoms with Gasteiger partial charge >= 0.3 is 0 Å². The van der Waals surface area contributed by atoms with E-state index in [2.05, 4.69) is 33.2 Å². The zero-order valence-electron chi connectivity index (χ0n) is 10.0. The Kier molecular flexibility index (Phi) is 6.17. The van der Waals surface area contributed by atoms with Crippen LogP contribution in [0.1, 0.15) is 10.4 Å². The molecule has 2 rings (SSSR count). The third-order valence-electron chi connectivity index (χ3n) is 2.84. The number of benzene rings is 1. The number of hydrogen-bond donors (Lipinski definition) is 2. The van der Waals surface area contributed by atoms with E-state index < -0.39 is 0 Å². The first-order valence-corrected chi connectivity index (χ1v) is 6.61. The van der Waals surface area contributed by atoms with E-state index in [9.17, 15) is 4.79 Å². The molecule has 1 heterocycles. The van der Waals surface area contributed by atoms with Gasteiger partial charge in [-0.05, 0) is 40.8 Å². The molecule has 1 amide bonds. The van der Waals surface area contributed by atoms with Gasteiger partial charge in [-0.1, -0.05) is 0 Å². The molecule has 1 aliphatic rings. The Morgan fingerprint density at radius 1 is 1.56 bits per heavy atom. The number of rotatable bonds is 4. The summed E-state index contributed by atoms with van der Waals surface area (Å²) in [5.41, 5.74) is 0.707. The molecule has 1 saturated heterocycles. The molecule has 0 saturated carbocycles. The van der Waals surface area contributed by atoms with Crippen LogP contribution in [0.5, 0.6) is 5.75 Å². The monoisotopic (exact) mass is 382 g/mol. The third-order valence-corrected chi connectivity index (χ3v) is 3.73. The molecule has 1 aromatic carbocycles. The average molecular weight is 383 g/mol. The van der Waals surface area contributed by atoms with E-state index >= 15 is 0 Å². The number of halogens is 2. The van der Waals surface area contributed by atoms with E-state index in [1.54, 1.807) is 13.2 Å². The van der Waals surface area contributed by atoms with Crippen molar-refractivity contribution in [3.05, 3.63) is 27.3 Å². The lowest BCUT2D eigenvalue weighted by Gasteiger charge is -2.27. The maximum atomic E-state index is 11.9. The Hall–Kier alpha value is -0.530. The predicted octanol–water partition coefficient (Wildman–Crippen LogP) is 1.67. The molecule has 1 fully saturated rings. The van der Waals surface area contributed by atoms with Crippen molar-refractivity contribution in [1.82, 2.24) is 10.6 Å². The molecule has 0 aromatic heterocycles. The zero-order valence-corrected chi connectivity index (χ0v) is 13.0. The lowest BCUT2D eigenvalue weighted by atomic mass is 10.0. The topological polar surface area (TPSA) is 50.4 Å². The van der Waals surface area contributed by atoms with Crippen LogP contribution < -0.4 is 15.4 Å². The summed E-state index contributed by atoms with van der Waals surface area (Å²) in [5, 5.41) is 6.14. The highest BCUT2D eigenvalue weighted by molar-refractivity contribution is 14.1. The fourth-order valence-corrected chi connectivity index (χ4v) is 2.36. The molecule has 0 spiro atoms. The molecule has 0 bridgehead atoms. The first kappa shape index (κ1) is 15.5. The van der Waals surface area contributed by atoms with Crippen LogP contribution in [0, 0.1) is 9.49 Å². The quantitative estimate of drug-likeness (QED) is 0.779. The van der Waals surface area contributed by atoms with E-state index in [-0.39, 0.29) is 18.3 Å². The molecule has 4 nitrogen and oxygen atoms in total. The van der Waals surface area contributed by atoms with Gasteiger partial charge in [-0.15, -0.1) is 12.4 Å². The smallest absolute Gasteiger partial charge is 0.252 e. The van der Waals surface area contributed by atoms with E-state index in [0.717, 1.165) is 29.0 Å². The number of carbonyl (C=O) groups excluding carboxylic acids is 1. The van der Waals surface area contributed by atoms with E-state index in [0.29, 0.717) is 11.5 Å². The molecule has 0 atom stereocenters. The molecule has 1 aliphatic heterocycles. The van der Waals surface area contributed by atoms with Gasteiger partial charge in [-0.25, -0.2) is 0 Å². The average Bonchev–Trinajstić information content (AvgIpc) is 2.26. The van der Waals surface area contributed by atoms with Crippen LogP contribution in [0.4, 0.5) is 0 Å². The van der Waals surface area contributed by atoms with Crippen molar-refractivity contribution in [2.24, 2.45) is 5.92 Å². The van der Waals surface area contributed by atoms with Gasteiger partial charge in [0.1, 0.15) is 5.75 Å². The summed E-state index contributed by atoms with van der Waals surface area (Å²) in [6.45, 7) is 2.74. The minimum atomic E-state index is -0.0102. The largest absolute Gasteiger partial charge is 0.497 e. The first-order valence-electron chi connectivity index (χ1n) is 5.53. The van der Waals surface area contributed by atoms with E-state index in [1.165, 1.54) is 0 Å². The number of amides is 1. The summed E-state index contributed by atoms with van der Waals surface area (Å²) in [6.07, 6.45) is 0. The highest BCUT2D eigenvalue weighted by atomic mass is 127. The summed E-state index contributed by atoms with van der Waals surface area (Å²) in [7, 11) is 1.62. The van der Waals surface area contributed by atoms with Crippen LogP contribution in [0.3, 0.4) is 0 Å². The highest BCUT2D eigenvalue weighted by Gasteiger charge is 2.18. The van der Waals surface area contributed by atoms with Crippen LogP contribution in [-0.2, 0) is 0 Å². The van der Waals surface area contributed by atoms with Crippen LogP contribution >= 0.6 is 35.0 Å². The summed E-state index contributed by atoms with van der Waals surface area (Å²) < 4.78 is 6.02. The second-order valence-corrected chi connectivity index (χ2v) is 5.24. The van der Waals surface area contributed by atoms with Gasteiger partial charge in [-0.3, -0.25) is 4.79 Å². The van der Waals surface area contributed by atoms with Crippen molar-refractivity contribution in [1.29, 1.82) is 0 Å². The van der Waals surface area contributed by atoms with Crippen molar-refractivity contribution in [2.75, 3.05) is 26.7 Å². The molecule has 2 N–H and O–H groups in total. The normalized spacial score (nSPS) is 14.3. The Balaban J connectivity index is 0.00000162. The van der Waals surface area contributed by atoms with Gasteiger partial charge < -0.3 is 15.4 Å². The molecule has 100 valence electrons. The van der Waals surface area contributed by atoms with E-state index in [4.69, 9.17) is 4.74 Å². The second kappa shape index (κ2) is 7.16. The maximum Gasteiger partial charge on any atom is 0.252 e. The number of nitrogens with one attached hydrogen (secondary N) is 2. The van der Waals surface area contributed by atoms with Crippen LogP contribution in [0.25, 0.3) is 0 Å². The number of ether oxygens (including phenoxy) is 1. The molecular weight excluding hydrogens is 367 g/mol. The molecule has 0 unspecified atom stereocenters. The number of methoxy groups -OCH3 is 1. The van der Waals surface area contributed by atoms with Gasteiger partial charge in [0.15, 0.2) is 0 Å². The van der Waals surface area contributed by atoms with Gasteiger partial charge in [0.2, 0.25) is 0 Å². The SMILES string of the molecule is COc1ccc(C(=O)NCC2CNC2)c(I)c1.Cl.